The molecule has 2 aromatic carbocycles. The van der Waals surface area contributed by atoms with Gasteiger partial charge in [-0.25, -0.2) is 0 Å². The molecular formula is C17H16F3NO. The van der Waals surface area contributed by atoms with Crippen molar-refractivity contribution in [3.8, 4) is 0 Å². The smallest absolute Gasteiger partial charge is 0.375 e. The Balaban J connectivity index is 1.76. The number of hydrogen-bond donors (Lipinski definition) is 1. The monoisotopic (exact) mass is 307 g/mol. The van der Waals surface area contributed by atoms with E-state index in [9.17, 15) is 13.2 Å². The van der Waals surface area contributed by atoms with Crippen LogP contribution in [0.2, 0.25) is 0 Å². The van der Waals surface area contributed by atoms with Gasteiger partial charge in [0, 0.05) is 6.54 Å². The molecule has 0 saturated heterocycles. The lowest BCUT2D eigenvalue weighted by molar-refractivity contribution is -0.137. The molecule has 22 heavy (non-hydrogen) atoms. The van der Waals surface area contributed by atoms with Crippen LogP contribution in [0.15, 0.2) is 48.5 Å². The molecule has 0 amide bonds. The second-order valence-corrected chi connectivity index (χ2v) is 5.34. The minimum atomic E-state index is -4.30. The number of ether oxygens (including phenoxy) is 1. The predicted molar refractivity (Wildman–Crippen MR) is 77.1 cm³/mol. The van der Waals surface area contributed by atoms with Crippen molar-refractivity contribution in [1.29, 1.82) is 0 Å². The van der Waals surface area contributed by atoms with Gasteiger partial charge in [0.2, 0.25) is 0 Å². The van der Waals surface area contributed by atoms with E-state index in [0.717, 1.165) is 28.8 Å². The molecule has 1 aliphatic heterocycles. The maximum Gasteiger partial charge on any atom is 0.416 e. The number of alkyl halides is 3. The lowest BCUT2D eigenvalue weighted by atomic mass is 10.0. The Bertz CT molecular complexity index is 637. The molecule has 1 N–H and O–H groups in total. The van der Waals surface area contributed by atoms with Gasteiger partial charge in [-0.1, -0.05) is 36.4 Å². The van der Waals surface area contributed by atoms with Crippen LogP contribution in [0.5, 0.6) is 0 Å². The zero-order valence-electron chi connectivity index (χ0n) is 11.9. The zero-order chi connectivity index (χ0) is 15.6. The van der Waals surface area contributed by atoms with E-state index in [2.05, 4.69) is 5.32 Å². The molecule has 1 atom stereocenters. The van der Waals surface area contributed by atoms with Crippen LogP contribution < -0.4 is 5.32 Å². The Morgan fingerprint density at radius 1 is 0.955 bits per heavy atom. The van der Waals surface area contributed by atoms with Gasteiger partial charge in [0.1, 0.15) is 0 Å². The summed E-state index contributed by atoms with van der Waals surface area (Å²) < 4.78 is 43.5. The summed E-state index contributed by atoms with van der Waals surface area (Å²) in [6.45, 7) is 1.62. The average molecular weight is 307 g/mol. The fourth-order valence-electron chi connectivity index (χ4n) is 2.57. The van der Waals surface area contributed by atoms with E-state index in [1.165, 1.54) is 12.1 Å². The number of rotatable bonds is 1. The van der Waals surface area contributed by atoms with Crippen molar-refractivity contribution < 1.29 is 17.9 Å². The Morgan fingerprint density at radius 2 is 1.64 bits per heavy atom. The van der Waals surface area contributed by atoms with E-state index in [4.69, 9.17) is 4.74 Å². The molecule has 0 aromatic heterocycles. The first-order chi connectivity index (χ1) is 10.5. The normalized spacial score (nSPS) is 19.1. The first kappa shape index (κ1) is 15.1. The molecule has 2 aromatic rings. The summed E-state index contributed by atoms with van der Waals surface area (Å²) in [7, 11) is 0. The van der Waals surface area contributed by atoms with Gasteiger partial charge < -0.3 is 10.1 Å². The molecule has 5 heteroatoms. The van der Waals surface area contributed by atoms with Crippen LogP contribution in [0, 0.1) is 0 Å². The zero-order valence-corrected chi connectivity index (χ0v) is 11.9. The van der Waals surface area contributed by atoms with E-state index in [1.54, 1.807) is 0 Å². The quantitative estimate of drug-likeness (QED) is 0.857. The highest BCUT2D eigenvalue weighted by atomic mass is 19.4. The van der Waals surface area contributed by atoms with Gasteiger partial charge in [0.25, 0.3) is 0 Å². The highest BCUT2D eigenvalue weighted by Crippen LogP contribution is 2.30. The second kappa shape index (κ2) is 6.10. The molecule has 2 nitrogen and oxygen atoms in total. The molecule has 0 aliphatic carbocycles. The molecule has 0 fully saturated rings. The number of nitrogens with one attached hydrogen (secondary N) is 1. The molecule has 116 valence electrons. The lowest BCUT2D eigenvalue weighted by Crippen LogP contribution is -2.28. The van der Waals surface area contributed by atoms with Gasteiger partial charge in [0.15, 0.2) is 0 Å². The minimum absolute atomic E-state index is 0.115. The fraction of sp³-hybridized carbons (Fsp3) is 0.294. The minimum Gasteiger partial charge on any atom is -0.375 e. The summed E-state index contributed by atoms with van der Waals surface area (Å²) in [4.78, 5) is 0. The van der Waals surface area contributed by atoms with Crippen LogP contribution in [0.3, 0.4) is 0 Å². The highest BCUT2D eigenvalue weighted by molar-refractivity contribution is 5.29. The molecule has 0 radical (unpaired) electrons. The topological polar surface area (TPSA) is 21.3 Å². The fourth-order valence-corrected chi connectivity index (χ4v) is 2.57. The lowest BCUT2D eigenvalue weighted by Gasteiger charge is -2.24. The molecule has 1 unspecified atom stereocenters. The van der Waals surface area contributed by atoms with Gasteiger partial charge in [-0.3, -0.25) is 0 Å². The second-order valence-electron chi connectivity index (χ2n) is 5.34. The predicted octanol–water partition coefficient (Wildman–Crippen LogP) is 4.07. The van der Waals surface area contributed by atoms with E-state index in [1.807, 2.05) is 24.3 Å². The maximum absolute atomic E-state index is 12.6. The van der Waals surface area contributed by atoms with Crippen molar-refractivity contribution in [2.75, 3.05) is 6.61 Å². The Hall–Kier alpha value is -1.85. The third-order valence-corrected chi connectivity index (χ3v) is 3.84. The van der Waals surface area contributed by atoms with Crippen molar-refractivity contribution in [1.82, 2.24) is 5.32 Å². The summed E-state index contributed by atoms with van der Waals surface area (Å²) in [5, 5.41) is 3.35. The van der Waals surface area contributed by atoms with Gasteiger partial charge in [-0.2, -0.15) is 13.2 Å². The highest BCUT2D eigenvalue weighted by Gasteiger charge is 2.30. The van der Waals surface area contributed by atoms with Crippen molar-refractivity contribution in [3.05, 3.63) is 70.8 Å². The standard InChI is InChI=1S/C17H16F3NO/c18-17(19,20)15-7-5-12(6-8-15)16-11-22-10-14-4-2-1-3-13(14)9-21-16/h1-8,16,21H,9-11H2. The molecule has 0 saturated carbocycles. The van der Waals surface area contributed by atoms with Crippen LogP contribution in [-0.4, -0.2) is 6.61 Å². The van der Waals surface area contributed by atoms with Crippen LogP contribution >= 0.6 is 0 Å². The third-order valence-electron chi connectivity index (χ3n) is 3.84. The average Bonchev–Trinajstić information content (AvgIpc) is 2.47. The molecule has 0 spiro atoms. The first-order valence-corrected chi connectivity index (χ1v) is 7.09. The van der Waals surface area contributed by atoms with Crippen molar-refractivity contribution >= 4 is 0 Å². The molecule has 1 heterocycles. The van der Waals surface area contributed by atoms with E-state index in [-0.39, 0.29) is 6.04 Å². The summed E-state index contributed by atoms with van der Waals surface area (Å²) in [6.07, 6.45) is -4.30. The van der Waals surface area contributed by atoms with E-state index in [0.29, 0.717) is 19.8 Å². The largest absolute Gasteiger partial charge is 0.416 e. The Kier molecular flexibility index (Phi) is 4.18. The molecule has 0 bridgehead atoms. The van der Waals surface area contributed by atoms with Gasteiger partial charge in [0.05, 0.1) is 24.8 Å². The van der Waals surface area contributed by atoms with Crippen LogP contribution in [0.25, 0.3) is 0 Å². The summed E-state index contributed by atoms with van der Waals surface area (Å²) in [5.41, 5.74) is 2.46. The molecule has 1 aliphatic rings. The SMILES string of the molecule is FC(F)(F)c1ccc(C2COCc3ccccc3CN2)cc1. The summed E-state index contributed by atoms with van der Waals surface area (Å²) in [5.74, 6) is 0. The number of benzene rings is 2. The van der Waals surface area contributed by atoms with E-state index < -0.39 is 11.7 Å². The number of halogens is 3. The van der Waals surface area contributed by atoms with Crippen LogP contribution in [-0.2, 0) is 24.1 Å². The van der Waals surface area contributed by atoms with Gasteiger partial charge in [-0.15, -0.1) is 0 Å². The van der Waals surface area contributed by atoms with Crippen LogP contribution in [0.1, 0.15) is 28.3 Å². The summed E-state index contributed by atoms with van der Waals surface area (Å²) in [6, 6.07) is 13.1. The third kappa shape index (κ3) is 3.31. The first-order valence-electron chi connectivity index (χ1n) is 7.09. The summed E-state index contributed by atoms with van der Waals surface area (Å²) >= 11 is 0. The van der Waals surface area contributed by atoms with Gasteiger partial charge >= 0.3 is 6.18 Å². The number of fused-ring (bicyclic) bond motifs is 1. The van der Waals surface area contributed by atoms with Gasteiger partial charge in [-0.05, 0) is 28.8 Å². The Labute approximate surface area is 126 Å². The maximum atomic E-state index is 12.6. The van der Waals surface area contributed by atoms with Crippen molar-refractivity contribution in [2.45, 2.75) is 25.4 Å². The van der Waals surface area contributed by atoms with Crippen LogP contribution in [0.4, 0.5) is 13.2 Å². The van der Waals surface area contributed by atoms with Crippen molar-refractivity contribution in [3.63, 3.8) is 0 Å². The van der Waals surface area contributed by atoms with Crippen molar-refractivity contribution in [2.24, 2.45) is 0 Å². The molecule has 3 rings (SSSR count). The number of hydrogen-bond acceptors (Lipinski definition) is 2. The Morgan fingerprint density at radius 3 is 2.32 bits per heavy atom. The molecular weight excluding hydrogens is 291 g/mol. The van der Waals surface area contributed by atoms with E-state index >= 15 is 0 Å².